The third-order valence-corrected chi connectivity index (χ3v) is 3.31. The Morgan fingerprint density at radius 1 is 1.22 bits per heavy atom. The highest BCUT2D eigenvalue weighted by Crippen LogP contribution is 2.10. The molecule has 0 radical (unpaired) electrons. The van der Waals surface area contributed by atoms with Crippen LogP contribution in [-0.4, -0.2) is 36.5 Å². The highest BCUT2D eigenvalue weighted by molar-refractivity contribution is 5.92. The van der Waals surface area contributed by atoms with Crippen LogP contribution in [0.2, 0.25) is 0 Å². The molecule has 1 unspecified atom stereocenters. The summed E-state index contributed by atoms with van der Waals surface area (Å²) < 4.78 is 0. The molecule has 0 aliphatic heterocycles. The fourth-order valence-corrected chi connectivity index (χ4v) is 2.18. The number of hydrogen-bond acceptors (Lipinski definition) is 3. The van der Waals surface area contributed by atoms with Crippen LogP contribution in [0.3, 0.4) is 0 Å². The van der Waals surface area contributed by atoms with Gasteiger partial charge < -0.3 is 11.5 Å². The summed E-state index contributed by atoms with van der Waals surface area (Å²) in [6.07, 6.45) is 0.900. The van der Waals surface area contributed by atoms with Crippen LogP contribution in [0, 0.1) is 0 Å². The van der Waals surface area contributed by atoms with E-state index in [1.165, 1.54) is 5.56 Å². The summed E-state index contributed by atoms with van der Waals surface area (Å²) in [5, 5.41) is 0. The van der Waals surface area contributed by atoms with Gasteiger partial charge in [0.1, 0.15) is 0 Å². The van der Waals surface area contributed by atoms with Crippen molar-refractivity contribution >= 4 is 5.91 Å². The second kappa shape index (κ2) is 7.13. The molecule has 4 N–H and O–H groups in total. The van der Waals surface area contributed by atoms with Crippen molar-refractivity contribution in [2.75, 3.05) is 19.6 Å². The average Bonchev–Trinajstić information content (AvgIpc) is 2.39. The smallest absolute Gasteiger partial charge is 0.248 e. The van der Waals surface area contributed by atoms with E-state index in [2.05, 4.69) is 18.7 Å². The molecular weight excluding hydrogens is 226 g/mol. The van der Waals surface area contributed by atoms with Gasteiger partial charge in [-0.25, -0.2) is 0 Å². The molecule has 0 fully saturated rings. The maximum Gasteiger partial charge on any atom is 0.248 e. The van der Waals surface area contributed by atoms with Gasteiger partial charge in [0.2, 0.25) is 5.91 Å². The van der Waals surface area contributed by atoms with Gasteiger partial charge in [-0.05, 0) is 37.2 Å². The van der Waals surface area contributed by atoms with Crippen molar-refractivity contribution in [3.05, 3.63) is 35.4 Å². The normalized spacial score (nSPS) is 12.7. The topological polar surface area (TPSA) is 72.3 Å². The Balaban J connectivity index is 2.72. The van der Waals surface area contributed by atoms with Crippen LogP contribution in [0.25, 0.3) is 0 Å². The molecule has 0 aromatic heterocycles. The fourth-order valence-electron chi connectivity index (χ4n) is 2.18. The number of carbonyl (C=O) groups excluding carboxylic acids is 1. The second-order valence-electron chi connectivity index (χ2n) is 4.38. The van der Waals surface area contributed by atoms with Crippen LogP contribution in [0.15, 0.2) is 24.3 Å². The van der Waals surface area contributed by atoms with E-state index in [1.807, 2.05) is 12.1 Å². The molecule has 4 nitrogen and oxygen atoms in total. The zero-order valence-electron chi connectivity index (χ0n) is 11.2. The molecule has 0 saturated heterocycles. The minimum absolute atomic E-state index is 0.347. The summed E-state index contributed by atoms with van der Waals surface area (Å²) in [5.41, 5.74) is 12.8. The number of carbonyl (C=O) groups is 1. The monoisotopic (exact) mass is 249 g/mol. The molecule has 1 rings (SSSR count). The van der Waals surface area contributed by atoms with Crippen molar-refractivity contribution < 1.29 is 4.79 Å². The molecule has 1 aromatic rings. The highest BCUT2D eigenvalue weighted by atomic mass is 16.1. The van der Waals surface area contributed by atoms with Crippen LogP contribution >= 0.6 is 0 Å². The van der Waals surface area contributed by atoms with Gasteiger partial charge >= 0.3 is 0 Å². The number of benzene rings is 1. The lowest BCUT2D eigenvalue weighted by Crippen LogP contribution is -2.41. The van der Waals surface area contributed by atoms with Gasteiger partial charge in [0.25, 0.3) is 0 Å². The lowest BCUT2D eigenvalue weighted by atomic mass is 10.0. The van der Waals surface area contributed by atoms with Crippen molar-refractivity contribution in [3.63, 3.8) is 0 Å². The number of nitrogens with two attached hydrogens (primary N) is 2. The fraction of sp³-hybridized carbons (Fsp3) is 0.500. The van der Waals surface area contributed by atoms with E-state index < -0.39 is 0 Å². The first-order valence-electron chi connectivity index (χ1n) is 6.45. The molecule has 0 aliphatic carbocycles. The summed E-state index contributed by atoms with van der Waals surface area (Å²) in [6.45, 7) is 6.92. The number of nitrogens with zero attached hydrogens (tertiary/aromatic N) is 1. The van der Waals surface area contributed by atoms with E-state index in [0.717, 1.165) is 19.5 Å². The first kappa shape index (κ1) is 14.7. The van der Waals surface area contributed by atoms with E-state index in [-0.39, 0.29) is 5.91 Å². The second-order valence-corrected chi connectivity index (χ2v) is 4.38. The van der Waals surface area contributed by atoms with Crippen LogP contribution in [-0.2, 0) is 6.42 Å². The number of rotatable bonds is 7. The van der Waals surface area contributed by atoms with E-state index in [1.54, 1.807) is 12.1 Å². The van der Waals surface area contributed by atoms with Crippen LogP contribution < -0.4 is 11.5 Å². The van der Waals surface area contributed by atoms with Gasteiger partial charge in [-0.15, -0.1) is 0 Å². The quantitative estimate of drug-likeness (QED) is 0.757. The van der Waals surface area contributed by atoms with Crippen molar-refractivity contribution in [3.8, 4) is 0 Å². The molecule has 1 amide bonds. The van der Waals surface area contributed by atoms with Crippen molar-refractivity contribution in [2.45, 2.75) is 26.3 Å². The number of likely N-dealkylation sites (N-methyl/N-ethyl adjacent to an activating group) is 1. The summed E-state index contributed by atoms with van der Waals surface area (Å²) in [7, 11) is 0. The first-order valence-corrected chi connectivity index (χ1v) is 6.45. The van der Waals surface area contributed by atoms with Crippen molar-refractivity contribution in [1.82, 2.24) is 4.90 Å². The predicted molar refractivity (Wildman–Crippen MR) is 74.4 cm³/mol. The molecular formula is C14H23N3O. The van der Waals surface area contributed by atoms with Crippen LogP contribution in [0.4, 0.5) is 0 Å². The Morgan fingerprint density at radius 2 is 1.78 bits per heavy atom. The van der Waals surface area contributed by atoms with Gasteiger partial charge in [0, 0.05) is 18.2 Å². The third-order valence-electron chi connectivity index (χ3n) is 3.31. The SMILES string of the molecule is CCN(CC)C(CN)Cc1ccc(C(N)=O)cc1. The average molecular weight is 249 g/mol. The van der Waals surface area contributed by atoms with Gasteiger partial charge in [0.15, 0.2) is 0 Å². The number of primary amides is 1. The zero-order chi connectivity index (χ0) is 13.5. The van der Waals surface area contributed by atoms with Gasteiger partial charge in [-0.3, -0.25) is 9.69 Å². The minimum Gasteiger partial charge on any atom is -0.366 e. The van der Waals surface area contributed by atoms with Crippen LogP contribution in [0.5, 0.6) is 0 Å². The Hall–Kier alpha value is -1.39. The zero-order valence-corrected chi connectivity index (χ0v) is 11.2. The standard InChI is InChI=1S/C14H23N3O/c1-3-17(4-2)13(10-15)9-11-5-7-12(8-6-11)14(16)18/h5-8,13H,3-4,9-10,15H2,1-2H3,(H2,16,18). The maximum atomic E-state index is 11.0. The van der Waals surface area contributed by atoms with E-state index >= 15 is 0 Å². The molecule has 4 heteroatoms. The Morgan fingerprint density at radius 3 is 2.17 bits per heavy atom. The number of amides is 1. The Bertz CT molecular complexity index is 371. The van der Waals surface area contributed by atoms with Crippen LogP contribution in [0.1, 0.15) is 29.8 Å². The maximum absolute atomic E-state index is 11.0. The molecule has 0 saturated carbocycles. The largest absolute Gasteiger partial charge is 0.366 e. The van der Waals surface area contributed by atoms with Gasteiger partial charge in [0.05, 0.1) is 0 Å². The Labute approximate surface area is 109 Å². The molecule has 0 heterocycles. The summed E-state index contributed by atoms with van der Waals surface area (Å²) in [6, 6.07) is 7.79. The highest BCUT2D eigenvalue weighted by Gasteiger charge is 2.14. The van der Waals surface area contributed by atoms with E-state index in [9.17, 15) is 4.79 Å². The molecule has 0 aliphatic rings. The number of hydrogen-bond donors (Lipinski definition) is 2. The van der Waals surface area contributed by atoms with Crippen molar-refractivity contribution in [1.29, 1.82) is 0 Å². The summed E-state index contributed by atoms with van der Waals surface area (Å²) in [4.78, 5) is 13.3. The summed E-state index contributed by atoms with van der Waals surface area (Å²) >= 11 is 0. The minimum atomic E-state index is -0.388. The molecule has 100 valence electrons. The summed E-state index contributed by atoms with van der Waals surface area (Å²) in [5.74, 6) is -0.388. The lowest BCUT2D eigenvalue weighted by molar-refractivity contribution is 0.100. The van der Waals surface area contributed by atoms with Crippen molar-refractivity contribution in [2.24, 2.45) is 11.5 Å². The third kappa shape index (κ3) is 3.82. The van der Waals surface area contributed by atoms with E-state index in [4.69, 9.17) is 11.5 Å². The van der Waals surface area contributed by atoms with Gasteiger partial charge in [-0.2, -0.15) is 0 Å². The van der Waals surface area contributed by atoms with E-state index in [0.29, 0.717) is 18.2 Å². The van der Waals surface area contributed by atoms with Gasteiger partial charge in [-0.1, -0.05) is 26.0 Å². The molecule has 18 heavy (non-hydrogen) atoms. The lowest BCUT2D eigenvalue weighted by Gasteiger charge is -2.28. The first-order chi connectivity index (χ1) is 8.62. The predicted octanol–water partition coefficient (Wildman–Crippen LogP) is 0.997. The molecule has 0 spiro atoms. The molecule has 0 bridgehead atoms. The Kier molecular flexibility index (Phi) is 5.82. The molecule has 1 aromatic carbocycles. The molecule has 1 atom stereocenters.